The van der Waals surface area contributed by atoms with E-state index >= 15 is 0 Å². The van der Waals surface area contributed by atoms with Gasteiger partial charge in [-0.25, -0.2) is 13.1 Å². The number of hydrogen-bond donors (Lipinski definition) is 1. The van der Waals surface area contributed by atoms with Crippen LogP contribution in [-0.2, 0) is 10.0 Å². The first-order chi connectivity index (χ1) is 13.0. The molecular weight excluding hydrogens is 368 g/mol. The Morgan fingerprint density at radius 2 is 2.00 bits per heavy atom. The summed E-state index contributed by atoms with van der Waals surface area (Å²) in [6.45, 7) is 3.76. The van der Waals surface area contributed by atoms with Crippen molar-refractivity contribution in [1.29, 1.82) is 0 Å². The Balaban J connectivity index is 1.55. The summed E-state index contributed by atoms with van der Waals surface area (Å²) in [7, 11) is -3.65. The second-order valence-corrected chi connectivity index (χ2v) is 8.21. The van der Waals surface area contributed by atoms with Crippen molar-refractivity contribution in [1.82, 2.24) is 9.62 Å². The Kier molecular flexibility index (Phi) is 6.18. The average Bonchev–Trinajstić information content (AvgIpc) is 3.22. The molecule has 1 saturated heterocycles. The van der Waals surface area contributed by atoms with Gasteiger partial charge < -0.3 is 14.1 Å². The third-order valence-corrected chi connectivity index (χ3v) is 6.13. The van der Waals surface area contributed by atoms with E-state index in [0.717, 1.165) is 12.8 Å². The number of carbonyl (C=O) groups excluding carboxylic acids is 1. The number of nitrogens with zero attached hydrogens (tertiary/aromatic N) is 1. The number of furan rings is 1. The Labute approximate surface area is 159 Å². The number of amides is 1. The van der Waals surface area contributed by atoms with Crippen LogP contribution in [0.4, 0.5) is 0 Å². The molecule has 0 saturated carbocycles. The predicted octanol–water partition coefficient (Wildman–Crippen LogP) is 2.51. The molecule has 1 aromatic carbocycles. The molecule has 2 heterocycles. The highest BCUT2D eigenvalue weighted by atomic mass is 32.2. The molecule has 1 aliphatic heterocycles. The first-order valence-corrected chi connectivity index (χ1v) is 10.5. The minimum Gasteiger partial charge on any atom is -0.492 e. The molecule has 8 heteroatoms. The molecular formula is C19H24N2O5S. The summed E-state index contributed by atoms with van der Waals surface area (Å²) in [6, 6.07) is 8.27. The second-order valence-electron chi connectivity index (χ2n) is 6.48. The number of sulfonamides is 1. The molecule has 0 bridgehead atoms. The third kappa shape index (κ3) is 4.70. The minimum absolute atomic E-state index is 0.0478. The fourth-order valence-electron chi connectivity index (χ4n) is 3.16. The molecule has 1 amide bonds. The highest BCUT2D eigenvalue weighted by Gasteiger charge is 2.26. The average molecular weight is 392 g/mol. The lowest BCUT2D eigenvalue weighted by Gasteiger charge is -2.31. The van der Waals surface area contributed by atoms with E-state index in [4.69, 9.17) is 9.15 Å². The van der Waals surface area contributed by atoms with Crippen molar-refractivity contribution < 1.29 is 22.4 Å². The molecule has 1 N–H and O–H groups in total. The molecule has 0 atom stereocenters. The van der Waals surface area contributed by atoms with Crippen LogP contribution in [0.25, 0.3) is 0 Å². The van der Waals surface area contributed by atoms with Crippen molar-refractivity contribution in [3.8, 4) is 5.75 Å². The van der Waals surface area contributed by atoms with Gasteiger partial charge in [-0.15, -0.1) is 0 Å². The molecule has 0 spiro atoms. The quantitative estimate of drug-likeness (QED) is 0.782. The van der Waals surface area contributed by atoms with Crippen LogP contribution in [0.1, 0.15) is 30.1 Å². The van der Waals surface area contributed by atoms with Crippen molar-refractivity contribution in [3.05, 3.63) is 48.4 Å². The topological polar surface area (TPSA) is 88.9 Å². The maximum Gasteiger partial charge on any atom is 0.257 e. The molecule has 146 valence electrons. The summed E-state index contributed by atoms with van der Waals surface area (Å²) in [5.41, 5.74) is 0.543. The molecule has 0 radical (unpaired) electrons. The van der Waals surface area contributed by atoms with Gasteiger partial charge >= 0.3 is 0 Å². The minimum atomic E-state index is -3.65. The summed E-state index contributed by atoms with van der Waals surface area (Å²) in [6.07, 6.45) is 4.42. The highest BCUT2D eigenvalue weighted by molar-refractivity contribution is 7.89. The normalized spacial score (nSPS) is 15.7. The van der Waals surface area contributed by atoms with Crippen LogP contribution in [0.15, 0.2) is 52.2 Å². The van der Waals surface area contributed by atoms with E-state index in [2.05, 4.69) is 4.72 Å². The van der Waals surface area contributed by atoms with E-state index in [0.29, 0.717) is 37.6 Å². The lowest BCUT2D eigenvalue weighted by Crippen LogP contribution is -2.41. The number of ether oxygens (including phenoxy) is 1. The van der Waals surface area contributed by atoms with E-state index in [1.54, 1.807) is 35.2 Å². The van der Waals surface area contributed by atoms with Gasteiger partial charge in [-0.05, 0) is 43.9 Å². The first kappa shape index (κ1) is 19.4. The van der Waals surface area contributed by atoms with Crippen LogP contribution in [-0.4, -0.2) is 45.5 Å². The highest BCUT2D eigenvalue weighted by Crippen LogP contribution is 2.24. The number of benzene rings is 1. The Morgan fingerprint density at radius 3 is 2.67 bits per heavy atom. The number of carbonyl (C=O) groups is 1. The van der Waals surface area contributed by atoms with Gasteiger partial charge in [0.25, 0.3) is 5.91 Å². The number of piperidine rings is 1. The van der Waals surface area contributed by atoms with E-state index in [1.807, 2.05) is 6.92 Å². The van der Waals surface area contributed by atoms with Crippen LogP contribution in [0, 0.1) is 5.92 Å². The van der Waals surface area contributed by atoms with E-state index in [9.17, 15) is 13.2 Å². The van der Waals surface area contributed by atoms with Gasteiger partial charge in [-0.3, -0.25) is 4.79 Å². The monoisotopic (exact) mass is 392 g/mol. The van der Waals surface area contributed by atoms with Gasteiger partial charge in [0.05, 0.1) is 18.4 Å². The summed E-state index contributed by atoms with van der Waals surface area (Å²) >= 11 is 0. The van der Waals surface area contributed by atoms with Crippen LogP contribution in [0.5, 0.6) is 5.75 Å². The van der Waals surface area contributed by atoms with Gasteiger partial charge in [-0.2, -0.15) is 0 Å². The molecule has 1 fully saturated rings. The molecule has 1 aliphatic rings. The van der Waals surface area contributed by atoms with Gasteiger partial charge in [-0.1, -0.05) is 12.1 Å². The second kappa shape index (κ2) is 8.58. The van der Waals surface area contributed by atoms with Crippen molar-refractivity contribution in [2.75, 3.05) is 26.2 Å². The summed E-state index contributed by atoms with van der Waals surface area (Å²) in [5, 5.41) is 0. The predicted molar refractivity (Wildman–Crippen MR) is 100 cm³/mol. The van der Waals surface area contributed by atoms with E-state index in [-0.39, 0.29) is 16.7 Å². The van der Waals surface area contributed by atoms with Gasteiger partial charge in [0.15, 0.2) is 0 Å². The molecule has 1 aromatic heterocycles. The molecule has 3 rings (SSSR count). The first-order valence-electron chi connectivity index (χ1n) is 9.04. The van der Waals surface area contributed by atoms with Crippen molar-refractivity contribution >= 4 is 15.9 Å². The standard InChI is InChI=1S/C19H24N2O5S/c1-2-26-17-5-3-4-6-18(17)27(23,24)20-13-15-7-10-21(11-8-15)19(22)16-9-12-25-14-16/h3-6,9,12,14-15,20H,2,7-8,10-11,13H2,1H3. The number of likely N-dealkylation sites (tertiary alicyclic amines) is 1. The van der Waals surface area contributed by atoms with Crippen molar-refractivity contribution in [2.24, 2.45) is 5.92 Å². The lowest BCUT2D eigenvalue weighted by atomic mass is 9.97. The van der Waals surface area contributed by atoms with Crippen LogP contribution >= 0.6 is 0 Å². The van der Waals surface area contributed by atoms with Gasteiger partial charge in [0, 0.05) is 19.6 Å². The largest absolute Gasteiger partial charge is 0.492 e. The summed E-state index contributed by atoms with van der Waals surface area (Å²) in [5.74, 6) is 0.494. The number of rotatable bonds is 7. The van der Waals surface area contributed by atoms with Gasteiger partial charge in [0.1, 0.15) is 16.9 Å². The third-order valence-electron chi connectivity index (χ3n) is 4.67. The smallest absolute Gasteiger partial charge is 0.257 e. The summed E-state index contributed by atoms with van der Waals surface area (Å²) in [4.78, 5) is 14.2. The SMILES string of the molecule is CCOc1ccccc1S(=O)(=O)NCC1CCN(C(=O)c2ccoc2)CC1. The van der Waals surface area contributed by atoms with Gasteiger partial charge in [0.2, 0.25) is 10.0 Å². The number of nitrogens with one attached hydrogen (secondary N) is 1. The molecule has 7 nitrogen and oxygen atoms in total. The van der Waals surface area contributed by atoms with Crippen LogP contribution in [0.3, 0.4) is 0 Å². The Hall–Kier alpha value is -2.32. The zero-order valence-electron chi connectivity index (χ0n) is 15.3. The molecule has 2 aromatic rings. The molecule has 0 unspecified atom stereocenters. The fourth-order valence-corrected chi connectivity index (χ4v) is 4.42. The van der Waals surface area contributed by atoms with Crippen LogP contribution in [0.2, 0.25) is 0 Å². The number of para-hydroxylation sites is 1. The van der Waals surface area contributed by atoms with E-state index in [1.165, 1.54) is 12.5 Å². The molecule has 0 aliphatic carbocycles. The summed E-state index contributed by atoms with van der Waals surface area (Å²) < 4.78 is 38.3. The zero-order chi connectivity index (χ0) is 19.3. The van der Waals surface area contributed by atoms with Crippen molar-refractivity contribution in [2.45, 2.75) is 24.7 Å². The van der Waals surface area contributed by atoms with E-state index < -0.39 is 10.0 Å². The van der Waals surface area contributed by atoms with Crippen LogP contribution < -0.4 is 9.46 Å². The number of hydrogen-bond acceptors (Lipinski definition) is 5. The maximum absolute atomic E-state index is 12.6. The zero-order valence-corrected chi connectivity index (χ0v) is 16.1. The molecule has 27 heavy (non-hydrogen) atoms. The Morgan fingerprint density at radius 1 is 1.26 bits per heavy atom. The fraction of sp³-hybridized carbons (Fsp3) is 0.421. The Bertz CT molecular complexity index is 856. The van der Waals surface area contributed by atoms with Crippen molar-refractivity contribution in [3.63, 3.8) is 0 Å². The lowest BCUT2D eigenvalue weighted by molar-refractivity contribution is 0.0691. The maximum atomic E-state index is 12.6.